The van der Waals surface area contributed by atoms with Crippen LogP contribution in [-0.4, -0.2) is 76.9 Å². The molecule has 60 heavy (non-hydrogen) atoms. The minimum Gasteiger partial charge on any atom is -0.503 e. The second-order valence-electron chi connectivity index (χ2n) is 16.3. The molecule has 3 heterocycles. The molecule has 9 rings (SSSR count). The first-order chi connectivity index (χ1) is 29.0. The SMILES string of the molecule is COc1ccc([C@@]23C(=O)N(Nc4ccc(Cl)cc4Cl)C(=O)[C@@H]2C[C@@H]2C(=CC[C@@H]4C(=O)N(C5CCN(Cc6ccccc6)CC5)C(=O)[C@@H]42)[C@@H]3c2cc(Cl)c(O)c(OC)c2)cc1. The van der Waals surface area contributed by atoms with E-state index in [0.29, 0.717) is 34.7 Å². The summed E-state index contributed by atoms with van der Waals surface area (Å²) in [5.74, 6) is -5.03. The number of benzene rings is 4. The van der Waals surface area contributed by atoms with Crippen LogP contribution in [0.3, 0.4) is 0 Å². The number of nitrogens with one attached hydrogen (secondary N) is 1. The number of aromatic hydroxyl groups is 1. The topological polar surface area (TPSA) is 129 Å². The number of likely N-dealkylation sites (tertiary alicyclic amines) is 2. The van der Waals surface area contributed by atoms with Crippen LogP contribution in [-0.2, 0) is 31.1 Å². The number of carbonyl (C=O) groups excluding carboxylic acids is 4. The number of hydrazine groups is 1. The number of ether oxygens (including phenoxy) is 2. The standard InChI is InChI=1S/C46H43Cl3N4O7/c1-59-30-11-8-27(9-12-30)46-34(43(56)53(45(46)58)50-37-15-10-28(47)22-35(37)48)23-33-31(40(46)26-20-36(49)41(54)38(21-26)60-2)13-14-32-39(33)44(57)52(42(32)55)29-16-18-51(19-17-29)24-25-6-4-3-5-7-25/h3-13,15,20-22,29,32-34,39-40,50,54H,14,16-19,23-24H2,1-2H3/t32-,33+,34-,39-,40-,46+/m0/s1. The Morgan fingerprint density at radius 2 is 1.55 bits per heavy atom. The molecule has 3 aliphatic heterocycles. The number of anilines is 1. The zero-order valence-corrected chi connectivity index (χ0v) is 35.2. The molecule has 2 aliphatic carbocycles. The maximum atomic E-state index is 15.6. The van der Waals surface area contributed by atoms with Gasteiger partial charge in [0.25, 0.3) is 11.8 Å². The van der Waals surface area contributed by atoms with Gasteiger partial charge in [0.1, 0.15) is 5.75 Å². The average Bonchev–Trinajstić information content (AvgIpc) is 3.63. The number of piperidine rings is 1. The predicted octanol–water partition coefficient (Wildman–Crippen LogP) is 8.02. The number of phenols is 1. The maximum Gasteiger partial charge on any atom is 0.260 e. The highest BCUT2D eigenvalue weighted by molar-refractivity contribution is 6.36. The summed E-state index contributed by atoms with van der Waals surface area (Å²) >= 11 is 19.5. The largest absolute Gasteiger partial charge is 0.503 e. The smallest absolute Gasteiger partial charge is 0.260 e. The number of allylic oxidation sites excluding steroid dienone is 2. The molecule has 4 aromatic carbocycles. The minimum absolute atomic E-state index is 0.0150. The zero-order valence-electron chi connectivity index (χ0n) is 32.9. The van der Waals surface area contributed by atoms with Gasteiger partial charge in [-0.2, -0.15) is 5.01 Å². The normalized spacial score (nSPS) is 26.8. The maximum absolute atomic E-state index is 15.6. The van der Waals surface area contributed by atoms with E-state index < -0.39 is 46.8 Å². The molecule has 2 N–H and O–H groups in total. The van der Waals surface area contributed by atoms with Gasteiger partial charge in [-0.15, -0.1) is 0 Å². The lowest BCUT2D eigenvalue weighted by atomic mass is 9.49. The highest BCUT2D eigenvalue weighted by atomic mass is 35.5. The summed E-state index contributed by atoms with van der Waals surface area (Å²) < 4.78 is 11.1. The van der Waals surface area contributed by atoms with Crippen LogP contribution in [0.15, 0.2) is 96.6 Å². The Labute approximate surface area is 362 Å². The average molecular weight is 870 g/mol. The summed E-state index contributed by atoms with van der Waals surface area (Å²) in [5, 5.41) is 12.5. The van der Waals surface area contributed by atoms with Crippen LogP contribution in [0.4, 0.5) is 5.69 Å². The number of nitrogens with zero attached hydrogens (tertiary/aromatic N) is 3. The van der Waals surface area contributed by atoms with E-state index in [4.69, 9.17) is 44.3 Å². The number of amides is 4. The van der Waals surface area contributed by atoms with E-state index in [1.165, 1.54) is 23.6 Å². The number of rotatable bonds is 9. The molecule has 5 aliphatic rings. The summed E-state index contributed by atoms with van der Waals surface area (Å²) in [6, 6.07) is 25.0. The number of methoxy groups -OCH3 is 2. The second-order valence-corrected chi connectivity index (χ2v) is 17.6. The Morgan fingerprint density at radius 3 is 2.23 bits per heavy atom. The van der Waals surface area contributed by atoms with Crippen LogP contribution in [0.25, 0.3) is 0 Å². The van der Waals surface area contributed by atoms with Crippen molar-refractivity contribution in [1.29, 1.82) is 0 Å². The molecule has 3 saturated heterocycles. The number of imide groups is 2. The third-order valence-electron chi connectivity index (χ3n) is 13.4. The van der Waals surface area contributed by atoms with Crippen LogP contribution >= 0.6 is 34.8 Å². The van der Waals surface area contributed by atoms with Crippen molar-refractivity contribution in [2.75, 3.05) is 32.7 Å². The molecule has 0 spiro atoms. The molecule has 4 fully saturated rings. The molecule has 6 atom stereocenters. The predicted molar refractivity (Wildman–Crippen MR) is 227 cm³/mol. The Bertz CT molecular complexity index is 2420. The second kappa shape index (κ2) is 15.8. The molecule has 0 bridgehead atoms. The lowest BCUT2D eigenvalue weighted by Gasteiger charge is -2.50. The van der Waals surface area contributed by atoms with E-state index in [0.717, 1.165) is 30.2 Å². The Kier molecular flexibility index (Phi) is 10.6. The third-order valence-corrected chi connectivity index (χ3v) is 14.2. The molecule has 0 radical (unpaired) electrons. The first-order valence-electron chi connectivity index (χ1n) is 20.1. The van der Waals surface area contributed by atoms with Crippen LogP contribution in [0.2, 0.25) is 15.1 Å². The highest BCUT2D eigenvalue weighted by Gasteiger charge is 2.70. The molecular formula is C46H43Cl3N4O7. The molecule has 4 amide bonds. The van der Waals surface area contributed by atoms with Gasteiger partial charge in [0.05, 0.1) is 53.1 Å². The molecule has 4 aromatic rings. The zero-order chi connectivity index (χ0) is 42.0. The Hall–Kier alpha value is -5.07. The first kappa shape index (κ1) is 40.3. The lowest BCUT2D eigenvalue weighted by molar-refractivity contribution is -0.144. The quantitative estimate of drug-likeness (QED) is 0.127. The van der Waals surface area contributed by atoms with Crippen molar-refractivity contribution >= 4 is 64.1 Å². The van der Waals surface area contributed by atoms with E-state index in [2.05, 4.69) is 22.5 Å². The fourth-order valence-electron chi connectivity index (χ4n) is 10.7. The van der Waals surface area contributed by atoms with E-state index in [9.17, 15) is 14.7 Å². The molecule has 14 heteroatoms. The molecule has 1 saturated carbocycles. The van der Waals surface area contributed by atoms with Crippen LogP contribution in [0.5, 0.6) is 17.2 Å². The van der Waals surface area contributed by atoms with Gasteiger partial charge >= 0.3 is 0 Å². The lowest BCUT2D eigenvalue weighted by Crippen LogP contribution is -2.53. The van der Waals surface area contributed by atoms with Crippen molar-refractivity contribution in [3.8, 4) is 17.2 Å². The van der Waals surface area contributed by atoms with Crippen molar-refractivity contribution in [3.05, 3.63) is 128 Å². The molecule has 0 unspecified atom stereocenters. The summed E-state index contributed by atoms with van der Waals surface area (Å²) in [7, 11) is 2.95. The number of fused-ring (bicyclic) bond motifs is 4. The molecular weight excluding hydrogens is 827 g/mol. The van der Waals surface area contributed by atoms with Gasteiger partial charge in [-0.1, -0.05) is 88.9 Å². The molecule has 310 valence electrons. The summed E-state index contributed by atoms with van der Waals surface area (Å²) in [5.41, 5.74) is 4.69. The fraction of sp³-hybridized carbons (Fsp3) is 0.348. The number of halogens is 3. The number of hydrogen-bond donors (Lipinski definition) is 2. The molecule has 0 aromatic heterocycles. The van der Waals surface area contributed by atoms with Crippen LogP contribution < -0.4 is 14.9 Å². The van der Waals surface area contributed by atoms with Gasteiger partial charge in [-0.05, 0) is 90.8 Å². The highest BCUT2D eigenvalue weighted by Crippen LogP contribution is 2.65. The fourth-order valence-corrected chi connectivity index (χ4v) is 11.4. The van der Waals surface area contributed by atoms with Gasteiger partial charge in [-0.25, -0.2) is 0 Å². The van der Waals surface area contributed by atoms with Gasteiger partial charge in [0.2, 0.25) is 11.8 Å². The minimum atomic E-state index is -1.60. The van der Waals surface area contributed by atoms with Crippen molar-refractivity contribution in [2.24, 2.45) is 23.7 Å². The van der Waals surface area contributed by atoms with E-state index in [1.807, 2.05) is 24.3 Å². The van der Waals surface area contributed by atoms with Crippen LogP contribution in [0, 0.1) is 23.7 Å². The van der Waals surface area contributed by atoms with Crippen molar-refractivity contribution in [1.82, 2.24) is 14.8 Å². The number of carbonyl (C=O) groups is 4. The van der Waals surface area contributed by atoms with Crippen LogP contribution in [0.1, 0.15) is 48.3 Å². The third kappa shape index (κ3) is 6.44. The van der Waals surface area contributed by atoms with Crippen molar-refractivity contribution in [2.45, 2.75) is 49.6 Å². The summed E-state index contributed by atoms with van der Waals surface area (Å²) in [6.45, 7) is 2.28. The van der Waals surface area contributed by atoms with Gasteiger partial charge in [0.15, 0.2) is 11.5 Å². The van der Waals surface area contributed by atoms with E-state index in [1.54, 1.807) is 55.6 Å². The van der Waals surface area contributed by atoms with Crippen molar-refractivity contribution in [3.63, 3.8) is 0 Å². The monoisotopic (exact) mass is 868 g/mol. The first-order valence-corrected chi connectivity index (χ1v) is 21.2. The van der Waals surface area contributed by atoms with E-state index >= 15 is 9.59 Å². The van der Waals surface area contributed by atoms with Gasteiger partial charge in [-0.3, -0.25) is 34.4 Å². The summed E-state index contributed by atoms with van der Waals surface area (Å²) in [6.07, 6.45) is 3.70. The Morgan fingerprint density at radius 1 is 0.817 bits per heavy atom. The molecule has 11 nitrogen and oxygen atoms in total. The van der Waals surface area contributed by atoms with E-state index in [-0.39, 0.29) is 57.9 Å². The van der Waals surface area contributed by atoms with Gasteiger partial charge in [0, 0.05) is 36.6 Å². The number of phenolic OH excluding ortho intramolecular Hbond substituents is 1. The Balaban J connectivity index is 1.14. The van der Waals surface area contributed by atoms with Gasteiger partial charge < -0.3 is 14.6 Å². The number of hydrogen-bond acceptors (Lipinski definition) is 9. The van der Waals surface area contributed by atoms with Crippen molar-refractivity contribution < 1.29 is 33.8 Å². The summed E-state index contributed by atoms with van der Waals surface area (Å²) in [4.78, 5) is 63.9.